The Kier molecular flexibility index (Phi) is 10.4. The van der Waals surface area contributed by atoms with Crippen molar-refractivity contribution in [1.29, 1.82) is 0 Å². The molecule has 6 aromatic heterocycles. The zero-order chi connectivity index (χ0) is 58.7. The third-order valence-electron chi connectivity index (χ3n) is 19.1. The second-order valence-electron chi connectivity index (χ2n) is 23.9. The maximum absolute atomic E-state index is 6.34. The van der Waals surface area contributed by atoms with Crippen LogP contribution in [0.5, 0.6) is 0 Å². The highest BCUT2D eigenvalue weighted by Crippen LogP contribution is 2.46. The number of benzene rings is 14. The average Bonchev–Trinajstić information content (AvgIpc) is 1.69. The smallest absolute Gasteiger partial charge is 0.135 e. The molecule has 0 N–H and O–H groups in total. The van der Waals surface area contributed by atoms with Crippen LogP contribution < -0.4 is 0 Å². The van der Waals surface area contributed by atoms with Gasteiger partial charge in [-0.25, -0.2) is 0 Å². The lowest BCUT2D eigenvalue weighted by molar-refractivity contribution is 0.669. The van der Waals surface area contributed by atoms with Crippen LogP contribution in [0.15, 0.2) is 308 Å². The Morgan fingerprint density at radius 1 is 0.211 bits per heavy atom. The first-order chi connectivity index (χ1) is 44.6. The lowest BCUT2D eigenvalue weighted by Crippen LogP contribution is -1.96. The molecule has 0 saturated carbocycles. The quantitative estimate of drug-likeness (QED) is 0.157. The van der Waals surface area contributed by atoms with E-state index in [2.05, 4.69) is 316 Å². The second kappa shape index (κ2) is 18.9. The second-order valence-corrected chi connectivity index (χ2v) is 25.0. The van der Waals surface area contributed by atoms with Crippen molar-refractivity contribution in [3.8, 4) is 56.1 Å². The number of hydrogen-bond acceptors (Lipinski definition) is 2. The van der Waals surface area contributed by atoms with Crippen LogP contribution in [0.2, 0.25) is 0 Å². The Balaban J connectivity index is 0.782. The number of thiophene rings is 1. The normalized spacial score (nSPS) is 12.2. The van der Waals surface area contributed by atoms with Gasteiger partial charge >= 0.3 is 0 Å². The number of nitrogens with zero attached hydrogens (tertiary/aromatic N) is 4. The number of rotatable bonds is 7. The van der Waals surface area contributed by atoms with Crippen LogP contribution in [0, 0.1) is 0 Å². The van der Waals surface area contributed by atoms with Crippen LogP contribution in [0.25, 0.3) is 185 Å². The monoisotopic (exact) mass is 1160 g/mol. The molecule has 0 spiro atoms. The van der Waals surface area contributed by atoms with Crippen LogP contribution in [0.4, 0.5) is 0 Å². The van der Waals surface area contributed by atoms with E-state index in [4.69, 9.17) is 4.42 Å². The van der Waals surface area contributed by atoms with Crippen molar-refractivity contribution >= 4 is 141 Å². The number of hydrogen-bond donors (Lipinski definition) is 0. The zero-order valence-electron chi connectivity index (χ0n) is 48.5. The van der Waals surface area contributed by atoms with Crippen molar-refractivity contribution in [2.75, 3.05) is 0 Å². The Morgan fingerprint density at radius 2 is 0.644 bits per heavy atom. The van der Waals surface area contributed by atoms with E-state index >= 15 is 0 Å². The lowest BCUT2D eigenvalue weighted by atomic mass is 9.98. The highest BCUT2D eigenvalue weighted by molar-refractivity contribution is 7.25. The molecule has 6 heteroatoms. The molecule has 6 heterocycles. The Morgan fingerprint density at radius 3 is 1.31 bits per heavy atom. The minimum Gasteiger partial charge on any atom is -0.456 e. The Bertz CT molecular complexity index is 6410. The van der Waals surface area contributed by atoms with E-state index < -0.39 is 0 Å². The van der Waals surface area contributed by atoms with Gasteiger partial charge in [0.05, 0.1) is 44.1 Å². The minimum atomic E-state index is 0.886. The van der Waals surface area contributed by atoms with Gasteiger partial charge in [-0.05, 0) is 138 Å². The molecular formula is C84H50N4OS. The summed E-state index contributed by atoms with van der Waals surface area (Å²) in [5.41, 5.74) is 22.6. The minimum absolute atomic E-state index is 0.886. The van der Waals surface area contributed by atoms with Crippen molar-refractivity contribution in [3.63, 3.8) is 0 Å². The summed E-state index contributed by atoms with van der Waals surface area (Å²) in [6.07, 6.45) is 0. The first kappa shape index (κ1) is 49.4. The maximum Gasteiger partial charge on any atom is 0.135 e. The molecule has 0 fully saturated rings. The molecule has 0 saturated heterocycles. The predicted octanol–water partition coefficient (Wildman–Crippen LogP) is 23.3. The van der Waals surface area contributed by atoms with Crippen LogP contribution in [0.1, 0.15) is 0 Å². The van der Waals surface area contributed by atoms with Gasteiger partial charge in [0.25, 0.3) is 0 Å². The van der Waals surface area contributed by atoms with Crippen molar-refractivity contribution in [3.05, 3.63) is 303 Å². The third-order valence-corrected chi connectivity index (χ3v) is 20.3. The number of furan rings is 1. The first-order valence-electron chi connectivity index (χ1n) is 30.8. The molecule has 90 heavy (non-hydrogen) atoms. The third kappa shape index (κ3) is 7.13. The van der Waals surface area contributed by atoms with E-state index in [9.17, 15) is 0 Å². The topological polar surface area (TPSA) is 32.9 Å². The van der Waals surface area contributed by atoms with E-state index in [1.165, 1.54) is 102 Å². The van der Waals surface area contributed by atoms with Gasteiger partial charge in [-0.3, -0.25) is 0 Å². The summed E-state index contributed by atoms with van der Waals surface area (Å²) in [4.78, 5) is 0. The summed E-state index contributed by atoms with van der Waals surface area (Å²) in [7, 11) is 0. The molecule has 0 aliphatic carbocycles. The van der Waals surface area contributed by atoms with Gasteiger partial charge < -0.3 is 22.7 Å². The van der Waals surface area contributed by atoms with Gasteiger partial charge in [-0.1, -0.05) is 188 Å². The summed E-state index contributed by atoms with van der Waals surface area (Å²) in [6, 6.07) is 112. The fourth-order valence-corrected chi connectivity index (χ4v) is 16.3. The number of para-hydroxylation sites is 7. The maximum atomic E-state index is 6.34. The first-order valence-corrected chi connectivity index (χ1v) is 31.6. The van der Waals surface area contributed by atoms with Crippen LogP contribution in [0.3, 0.4) is 0 Å². The Hall–Kier alpha value is -11.7. The summed E-state index contributed by atoms with van der Waals surface area (Å²) in [6.45, 7) is 0. The zero-order valence-corrected chi connectivity index (χ0v) is 49.3. The van der Waals surface area contributed by atoms with Crippen molar-refractivity contribution in [2.45, 2.75) is 0 Å². The van der Waals surface area contributed by atoms with Gasteiger partial charge in [0.2, 0.25) is 0 Å². The molecule has 0 atom stereocenters. The van der Waals surface area contributed by atoms with Crippen LogP contribution >= 0.6 is 11.3 Å². The number of fused-ring (bicyclic) bond motifs is 18. The fourth-order valence-electron chi connectivity index (χ4n) is 15.2. The molecule has 20 aromatic rings. The van der Waals surface area contributed by atoms with Crippen molar-refractivity contribution in [2.24, 2.45) is 0 Å². The number of aromatic nitrogens is 4. The summed E-state index contributed by atoms with van der Waals surface area (Å²) >= 11 is 1.86. The molecule has 0 unspecified atom stereocenters. The fraction of sp³-hybridized carbons (Fsp3) is 0. The SMILES string of the molecule is c1ccc(-n2c3ccccc3c3ccc(-c4cccc5c6cc(-c7ccc8c9ccc(-c%10cccc%11c%12ccccc%12n(-c%12ccc%13oc%14ccccc%14c%13c%12)c%10%11)cc9n(-c9ccccc9)c8c7)ccc6n(-c6ccc7sc8ccccc8c7c6)c45)cc32)cc1. The van der Waals surface area contributed by atoms with E-state index in [0.717, 1.165) is 83.4 Å². The van der Waals surface area contributed by atoms with E-state index in [1.807, 2.05) is 17.4 Å². The van der Waals surface area contributed by atoms with Crippen molar-refractivity contribution in [1.82, 2.24) is 18.3 Å². The molecule has 0 aliphatic heterocycles. The lowest BCUT2D eigenvalue weighted by Gasteiger charge is -2.13. The van der Waals surface area contributed by atoms with Crippen LogP contribution in [-0.4, -0.2) is 18.3 Å². The highest BCUT2D eigenvalue weighted by atomic mass is 32.1. The van der Waals surface area contributed by atoms with Crippen molar-refractivity contribution < 1.29 is 4.42 Å². The largest absolute Gasteiger partial charge is 0.456 e. The predicted molar refractivity (Wildman–Crippen MR) is 380 cm³/mol. The molecule has 14 aromatic carbocycles. The molecule has 0 radical (unpaired) electrons. The Labute approximate surface area is 519 Å². The molecule has 20 rings (SSSR count). The summed E-state index contributed by atoms with van der Waals surface area (Å²) in [5.74, 6) is 0. The molecule has 0 aliphatic rings. The van der Waals surface area contributed by atoms with Gasteiger partial charge in [-0.15, -0.1) is 11.3 Å². The summed E-state index contributed by atoms with van der Waals surface area (Å²) in [5, 5.41) is 14.5. The molecule has 0 amide bonds. The molecular weight excluding hydrogens is 1110 g/mol. The van der Waals surface area contributed by atoms with E-state index in [1.54, 1.807) is 0 Å². The van der Waals surface area contributed by atoms with Gasteiger partial charge in [0.15, 0.2) is 0 Å². The summed E-state index contributed by atoms with van der Waals surface area (Å²) < 4.78 is 18.8. The molecule has 418 valence electrons. The van der Waals surface area contributed by atoms with E-state index in [-0.39, 0.29) is 0 Å². The molecule has 0 bridgehead atoms. The van der Waals surface area contributed by atoms with Gasteiger partial charge in [-0.2, -0.15) is 0 Å². The van der Waals surface area contributed by atoms with E-state index in [0.29, 0.717) is 0 Å². The van der Waals surface area contributed by atoms with Crippen LogP contribution in [-0.2, 0) is 0 Å². The highest BCUT2D eigenvalue weighted by Gasteiger charge is 2.24. The van der Waals surface area contributed by atoms with Gasteiger partial charge in [0, 0.05) is 108 Å². The average molecular weight is 1160 g/mol. The molecule has 5 nitrogen and oxygen atoms in total. The van der Waals surface area contributed by atoms with Gasteiger partial charge in [0.1, 0.15) is 11.2 Å². The standard InChI is InChI=1S/C84H50N4OS/c1-3-17-55(18-4-1)85-73-29-11-7-21-61(73)63-40-34-53(47-77(63)85)60-26-16-28-69-70-45-51(36-42-75(70)88(84(60)69)58-38-44-82-72(50-58)67-24-10-14-32-81(67)90-82)52-33-39-64-65-41-35-54(48-78(65)86(76(64)46-52)56-19-5-2-6-20-56)59-25-15-27-68-62-22-8-12-30-74(62)87(83(59)68)57-37-43-80-71(49-57)66-23-9-13-31-79(66)89-80/h1-50H.